The normalized spacial score (nSPS) is 19.8. The fourth-order valence-corrected chi connectivity index (χ4v) is 3.25. The molecule has 7 heteroatoms. The van der Waals surface area contributed by atoms with E-state index in [1.165, 1.54) is 0 Å². The third-order valence-electron chi connectivity index (χ3n) is 4.02. The number of carbonyl (C=O) groups is 2. The number of piperidine rings is 1. The number of urea groups is 1. The predicted molar refractivity (Wildman–Crippen MR) is 81.0 cm³/mol. The van der Waals surface area contributed by atoms with Gasteiger partial charge >= 0.3 is 6.03 Å². The van der Waals surface area contributed by atoms with Gasteiger partial charge in [-0.3, -0.25) is 4.79 Å². The molecule has 0 bridgehead atoms. The number of likely N-dealkylation sites (tertiary alicyclic amines) is 1. The Morgan fingerprint density at radius 3 is 2.67 bits per heavy atom. The lowest BCUT2D eigenvalue weighted by atomic mass is 10.0. The van der Waals surface area contributed by atoms with Gasteiger partial charge in [0.15, 0.2) is 0 Å². The highest BCUT2D eigenvalue weighted by Gasteiger charge is 2.32. The Balaban J connectivity index is 1.60. The number of halogens is 1. The summed E-state index contributed by atoms with van der Waals surface area (Å²) in [4.78, 5) is 32.0. The van der Waals surface area contributed by atoms with Crippen molar-refractivity contribution < 1.29 is 9.59 Å². The zero-order valence-electron chi connectivity index (χ0n) is 11.6. The van der Waals surface area contributed by atoms with Crippen molar-refractivity contribution in [2.75, 3.05) is 26.2 Å². The van der Waals surface area contributed by atoms with Crippen LogP contribution in [0.5, 0.6) is 0 Å². The summed E-state index contributed by atoms with van der Waals surface area (Å²) in [6.07, 6.45) is 1.65. The molecule has 2 saturated heterocycles. The molecule has 2 aliphatic rings. The highest BCUT2D eigenvalue weighted by Crippen LogP contribution is 2.20. The van der Waals surface area contributed by atoms with E-state index in [0.29, 0.717) is 23.4 Å². The summed E-state index contributed by atoms with van der Waals surface area (Å²) in [6.45, 7) is 2.83. The number of nitrogens with one attached hydrogen (secondary N) is 1. The first-order chi connectivity index (χ1) is 10.1. The number of rotatable bonds is 2. The van der Waals surface area contributed by atoms with E-state index in [9.17, 15) is 9.59 Å². The van der Waals surface area contributed by atoms with Crippen molar-refractivity contribution in [2.24, 2.45) is 0 Å². The van der Waals surface area contributed by atoms with Gasteiger partial charge in [0.2, 0.25) is 0 Å². The third-order valence-corrected chi connectivity index (χ3v) is 4.46. The van der Waals surface area contributed by atoms with Crippen LogP contribution in [0, 0.1) is 0 Å². The molecule has 21 heavy (non-hydrogen) atoms. The number of hydrogen-bond acceptors (Lipinski definition) is 3. The van der Waals surface area contributed by atoms with Crippen molar-refractivity contribution >= 4 is 27.9 Å². The Kier molecular flexibility index (Phi) is 4.10. The molecule has 2 aliphatic heterocycles. The largest absolute Gasteiger partial charge is 0.337 e. The molecule has 1 aromatic heterocycles. The van der Waals surface area contributed by atoms with Crippen molar-refractivity contribution in [2.45, 2.75) is 18.9 Å². The Labute approximate surface area is 131 Å². The second-order valence-electron chi connectivity index (χ2n) is 5.29. The smallest absolute Gasteiger partial charge is 0.317 e. The van der Waals surface area contributed by atoms with Crippen LogP contribution in [-0.4, -0.2) is 58.9 Å². The number of pyridine rings is 1. The van der Waals surface area contributed by atoms with Gasteiger partial charge in [0, 0.05) is 32.2 Å². The zero-order chi connectivity index (χ0) is 14.8. The van der Waals surface area contributed by atoms with Crippen LogP contribution in [-0.2, 0) is 0 Å². The van der Waals surface area contributed by atoms with E-state index in [1.54, 1.807) is 12.1 Å². The zero-order valence-corrected chi connectivity index (χ0v) is 13.2. The van der Waals surface area contributed by atoms with Gasteiger partial charge in [0.1, 0.15) is 10.3 Å². The molecule has 1 aromatic rings. The standard InChI is InChI=1S/C14H17BrN4O2/c15-12-3-1-2-11(17-12)13(20)18-7-4-10(5-8-18)19-9-6-16-14(19)21/h1-3,10H,4-9H2,(H,16,21). The fourth-order valence-electron chi connectivity index (χ4n) is 2.90. The van der Waals surface area contributed by atoms with Gasteiger partial charge in [-0.05, 0) is 40.9 Å². The first-order valence-electron chi connectivity index (χ1n) is 7.11. The minimum Gasteiger partial charge on any atom is -0.337 e. The quantitative estimate of drug-likeness (QED) is 0.819. The van der Waals surface area contributed by atoms with Crippen LogP contribution < -0.4 is 5.32 Å². The SMILES string of the molecule is O=C(c1cccc(Br)n1)N1CCC(N2CCNC2=O)CC1. The number of carbonyl (C=O) groups excluding carboxylic acids is 2. The second kappa shape index (κ2) is 6.01. The van der Waals surface area contributed by atoms with E-state index in [-0.39, 0.29) is 18.0 Å². The first kappa shape index (κ1) is 14.3. The van der Waals surface area contributed by atoms with E-state index < -0.39 is 0 Å². The maximum Gasteiger partial charge on any atom is 0.317 e. The van der Waals surface area contributed by atoms with Crippen LogP contribution in [0.2, 0.25) is 0 Å². The maximum atomic E-state index is 12.4. The monoisotopic (exact) mass is 352 g/mol. The van der Waals surface area contributed by atoms with Crippen molar-refractivity contribution in [1.82, 2.24) is 20.1 Å². The van der Waals surface area contributed by atoms with Crippen LogP contribution in [0.1, 0.15) is 23.3 Å². The van der Waals surface area contributed by atoms with E-state index in [2.05, 4.69) is 26.2 Å². The molecule has 0 spiro atoms. The van der Waals surface area contributed by atoms with E-state index in [1.807, 2.05) is 15.9 Å². The molecule has 6 nitrogen and oxygen atoms in total. The summed E-state index contributed by atoms with van der Waals surface area (Å²) in [7, 11) is 0. The molecule has 0 saturated carbocycles. The Morgan fingerprint density at radius 2 is 2.05 bits per heavy atom. The summed E-state index contributed by atoms with van der Waals surface area (Å²) < 4.78 is 0.664. The van der Waals surface area contributed by atoms with Gasteiger partial charge in [0.05, 0.1) is 0 Å². The lowest BCUT2D eigenvalue weighted by molar-refractivity contribution is 0.0660. The summed E-state index contributed by atoms with van der Waals surface area (Å²) in [6, 6.07) is 5.61. The molecule has 0 atom stereocenters. The molecule has 112 valence electrons. The highest BCUT2D eigenvalue weighted by atomic mass is 79.9. The lowest BCUT2D eigenvalue weighted by Crippen LogP contribution is -2.47. The molecule has 0 aromatic carbocycles. The average Bonchev–Trinajstić information content (AvgIpc) is 2.93. The maximum absolute atomic E-state index is 12.4. The minimum absolute atomic E-state index is 0.0217. The van der Waals surface area contributed by atoms with Crippen LogP contribution >= 0.6 is 15.9 Å². The summed E-state index contributed by atoms with van der Waals surface area (Å²) >= 11 is 3.28. The number of nitrogens with zero attached hydrogens (tertiary/aromatic N) is 3. The average molecular weight is 353 g/mol. The van der Waals surface area contributed by atoms with Crippen LogP contribution in [0.3, 0.4) is 0 Å². The second-order valence-corrected chi connectivity index (χ2v) is 6.11. The van der Waals surface area contributed by atoms with Crippen molar-refractivity contribution in [3.63, 3.8) is 0 Å². The molecule has 1 N–H and O–H groups in total. The van der Waals surface area contributed by atoms with Crippen molar-refractivity contribution in [3.05, 3.63) is 28.5 Å². The van der Waals surface area contributed by atoms with Crippen molar-refractivity contribution in [3.8, 4) is 0 Å². The minimum atomic E-state index is -0.0411. The predicted octanol–water partition coefficient (Wildman–Crippen LogP) is 1.47. The van der Waals surface area contributed by atoms with Gasteiger partial charge in [-0.1, -0.05) is 6.07 Å². The van der Waals surface area contributed by atoms with Gasteiger partial charge in [0.25, 0.3) is 5.91 Å². The molecular weight excluding hydrogens is 336 g/mol. The number of amides is 3. The van der Waals surface area contributed by atoms with E-state index in [0.717, 1.165) is 25.9 Å². The van der Waals surface area contributed by atoms with Crippen LogP contribution in [0.4, 0.5) is 4.79 Å². The van der Waals surface area contributed by atoms with Gasteiger partial charge in [-0.2, -0.15) is 0 Å². The summed E-state index contributed by atoms with van der Waals surface area (Å²) in [5.41, 5.74) is 0.460. The molecule has 0 unspecified atom stereocenters. The number of hydrogen-bond donors (Lipinski definition) is 1. The fraction of sp³-hybridized carbons (Fsp3) is 0.500. The molecule has 0 aliphatic carbocycles. The van der Waals surface area contributed by atoms with Gasteiger partial charge in [-0.15, -0.1) is 0 Å². The first-order valence-corrected chi connectivity index (χ1v) is 7.91. The molecule has 2 fully saturated rings. The van der Waals surface area contributed by atoms with Crippen LogP contribution in [0.25, 0.3) is 0 Å². The van der Waals surface area contributed by atoms with Crippen LogP contribution in [0.15, 0.2) is 22.8 Å². The Bertz CT molecular complexity index is 558. The number of aromatic nitrogens is 1. The van der Waals surface area contributed by atoms with E-state index in [4.69, 9.17) is 0 Å². The highest BCUT2D eigenvalue weighted by molar-refractivity contribution is 9.10. The lowest BCUT2D eigenvalue weighted by Gasteiger charge is -2.36. The summed E-state index contributed by atoms with van der Waals surface area (Å²) in [5.74, 6) is -0.0411. The third kappa shape index (κ3) is 3.02. The van der Waals surface area contributed by atoms with E-state index >= 15 is 0 Å². The topological polar surface area (TPSA) is 65.5 Å². The molecule has 3 amide bonds. The molecular formula is C14H17BrN4O2. The molecule has 3 rings (SSSR count). The summed E-state index contributed by atoms with van der Waals surface area (Å²) in [5, 5.41) is 2.82. The molecule has 3 heterocycles. The Morgan fingerprint density at radius 1 is 1.29 bits per heavy atom. The van der Waals surface area contributed by atoms with Crippen molar-refractivity contribution in [1.29, 1.82) is 0 Å². The Hall–Kier alpha value is -1.63. The molecule has 0 radical (unpaired) electrons. The van der Waals surface area contributed by atoms with Gasteiger partial charge < -0.3 is 15.1 Å². The van der Waals surface area contributed by atoms with Gasteiger partial charge in [-0.25, -0.2) is 9.78 Å².